The number of hydrogen-bond acceptors (Lipinski definition) is 0. The van der Waals surface area contributed by atoms with Gasteiger partial charge in [-0.1, -0.05) is 200 Å². The van der Waals surface area contributed by atoms with Crippen molar-refractivity contribution in [2.45, 2.75) is 200 Å². The van der Waals surface area contributed by atoms with E-state index in [0.29, 0.717) is 0 Å². The molecule has 0 aromatic heterocycles. The van der Waals surface area contributed by atoms with Gasteiger partial charge in [-0.15, -0.1) is 0 Å². The Morgan fingerprint density at radius 3 is 0.341 bits per heavy atom. The summed E-state index contributed by atoms with van der Waals surface area (Å²) >= 11 is 0. The van der Waals surface area contributed by atoms with Crippen LogP contribution in [0, 0.1) is 0 Å². The fourth-order valence-corrected chi connectivity index (χ4v) is 395. The number of rotatable bonds is 15. The maximum atomic E-state index is 3.21. The summed E-state index contributed by atoms with van der Waals surface area (Å²) in [6, 6.07) is 0. The second-order valence-corrected chi connectivity index (χ2v) is 156. The summed E-state index contributed by atoms with van der Waals surface area (Å²) in [5, 5.41) is 0. The zero-order valence-corrected chi connectivity index (χ0v) is 49.6. The molecule has 0 N–H and O–H groups in total. The highest BCUT2D eigenvalue weighted by Crippen LogP contribution is 2.52. The molecule has 0 aromatic carbocycles. The lowest BCUT2D eigenvalue weighted by molar-refractivity contribution is 1.46. The molecule has 44 heavy (non-hydrogen) atoms. The first-order valence-corrected chi connectivity index (χ1v) is 68.6. The molecule has 0 aliphatic heterocycles. The second kappa shape index (κ2) is 13.1. The van der Waals surface area contributed by atoms with E-state index in [-0.39, 0.29) is 0 Å². The van der Waals surface area contributed by atoms with Gasteiger partial charge in [-0.05, 0) is 0 Å². The summed E-state index contributed by atoms with van der Waals surface area (Å²) in [5.41, 5.74) is 5.64. The van der Waals surface area contributed by atoms with E-state index in [2.05, 4.69) is 183 Å². The fraction of sp³-hybridized carbons (Fsp3) is 1.00. The van der Waals surface area contributed by atoms with Crippen LogP contribution in [0.2, 0.25) is 200 Å². The first-order valence-electron chi connectivity index (χ1n) is 18.4. The Morgan fingerprint density at radius 1 is 0.182 bits per heavy atom. The standard InChI is InChI=1S/C31H90Si13/c1-32(2,3)42(33(4,5)6,34(7,8)9)29-41(28,30-43(35(10,11)12,36(13,14)15)37(16,17)18)31-44(38(19,20)21,39(22,23)24)40(25,26)27/h29-31H2,1-28H3. The first-order chi connectivity index (χ1) is 18.4. The summed E-state index contributed by atoms with van der Waals surface area (Å²) in [5.74, 6) is 0. The average Bonchev–Trinajstić information content (AvgIpc) is 2.59. The normalized spacial score (nSPS) is 16.9. The Bertz CT molecular complexity index is 737. The van der Waals surface area contributed by atoms with Gasteiger partial charge in [0.15, 0.2) is 0 Å². The van der Waals surface area contributed by atoms with Crippen molar-refractivity contribution in [1.29, 1.82) is 0 Å². The molecule has 0 saturated carbocycles. The van der Waals surface area contributed by atoms with E-state index >= 15 is 0 Å². The van der Waals surface area contributed by atoms with Gasteiger partial charge in [0, 0.05) is 96.3 Å². The van der Waals surface area contributed by atoms with Crippen LogP contribution >= 0.6 is 0 Å². The van der Waals surface area contributed by atoms with Gasteiger partial charge in [0.25, 0.3) is 0 Å². The largest absolute Gasteiger partial charge is 0.0719 e. The van der Waals surface area contributed by atoms with Crippen LogP contribution in [-0.4, -0.2) is 96.3 Å². The molecule has 0 bridgehead atoms. The first kappa shape index (κ1) is 46.8. The van der Waals surface area contributed by atoms with Crippen molar-refractivity contribution >= 4 is 96.3 Å². The molecule has 0 saturated heterocycles. The quantitative estimate of drug-likeness (QED) is 0.144. The molecular weight excluding hydrogens is 737 g/mol. The van der Waals surface area contributed by atoms with Gasteiger partial charge in [-0.25, -0.2) is 0 Å². The molecule has 0 spiro atoms. The van der Waals surface area contributed by atoms with E-state index in [9.17, 15) is 0 Å². The van der Waals surface area contributed by atoms with E-state index in [1.165, 1.54) is 0 Å². The SMILES string of the molecule is C[Si](C[Si]([Si](C)(C)C)([Si](C)(C)C)[Si](C)(C)C)(C[Si]([Si](C)(C)C)([Si](C)(C)C)[Si](C)(C)C)C[Si]([Si](C)(C)C)([Si](C)(C)C)[Si](C)(C)C. The lowest BCUT2D eigenvalue weighted by Crippen LogP contribution is -2.89. The van der Waals surface area contributed by atoms with Crippen molar-refractivity contribution < 1.29 is 0 Å². The van der Waals surface area contributed by atoms with Gasteiger partial charge < -0.3 is 0 Å². The Morgan fingerprint density at radius 2 is 0.273 bits per heavy atom. The maximum Gasteiger partial charge on any atom is 0.0408 e. The molecule has 0 atom stereocenters. The van der Waals surface area contributed by atoms with Gasteiger partial charge in [0.05, 0.1) is 0 Å². The molecule has 0 aliphatic carbocycles. The van der Waals surface area contributed by atoms with Crippen LogP contribution in [0.1, 0.15) is 0 Å². The van der Waals surface area contributed by atoms with Crippen LogP contribution < -0.4 is 0 Å². The molecule has 0 unspecified atom stereocenters. The minimum atomic E-state index is -1.65. The highest BCUT2D eigenvalue weighted by Gasteiger charge is 2.70. The van der Waals surface area contributed by atoms with Crippen molar-refractivity contribution in [3.05, 3.63) is 0 Å². The smallest absolute Gasteiger partial charge is 0.0408 e. The van der Waals surface area contributed by atoms with Gasteiger partial charge in [0.1, 0.15) is 0 Å². The lowest BCUT2D eigenvalue weighted by atomic mass is 11.7. The van der Waals surface area contributed by atoms with Crippen LogP contribution in [0.5, 0.6) is 0 Å². The number of hydrogen-bond donors (Lipinski definition) is 0. The molecule has 13 heteroatoms. The lowest BCUT2D eigenvalue weighted by Gasteiger charge is -2.67. The van der Waals surface area contributed by atoms with Crippen LogP contribution in [0.15, 0.2) is 0 Å². The van der Waals surface area contributed by atoms with Crippen LogP contribution in [0.4, 0.5) is 0 Å². The molecule has 0 amide bonds. The molecule has 0 fully saturated rings. The van der Waals surface area contributed by atoms with Crippen molar-refractivity contribution in [1.82, 2.24) is 0 Å². The highest BCUT2D eigenvalue weighted by atomic mass is 29.9. The van der Waals surface area contributed by atoms with E-state index < -0.39 is 96.3 Å². The summed E-state index contributed by atoms with van der Waals surface area (Å²) in [7, 11) is -13.8. The minimum Gasteiger partial charge on any atom is -0.0719 e. The zero-order chi connectivity index (χ0) is 36.6. The molecule has 0 aromatic rings. The van der Waals surface area contributed by atoms with Crippen molar-refractivity contribution in [2.24, 2.45) is 0 Å². The molecule has 0 radical (unpaired) electrons. The van der Waals surface area contributed by atoms with Crippen molar-refractivity contribution in [2.75, 3.05) is 0 Å². The van der Waals surface area contributed by atoms with Gasteiger partial charge >= 0.3 is 0 Å². The molecule has 266 valence electrons. The monoisotopic (exact) mass is 826 g/mol. The third-order valence-electron chi connectivity index (χ3n) is 13.6. The van der Waals surface area contributed by atoms with Crippen LogP contribution in [0.25, 0.3) is 0 Å². The summed E-state index contributed by atoms with van der Waals surface area (Å²) in [6.07, 6.45) is 0. The summed E-state index contributed by atoms with van der Waals surface area (Å²) in [4.78, 5) is 0. The molecular formula is C31H90Si13. The molecule has 0 nitrogen and oxygen atoms in total. The maximum absolute atomic E-state index is 3.21. The molecule has 0 rings (SSSR count). The van der Waals surface area contributed by atoms with E-state index in [4.69, 9.17) is 0 Å². The van der Waals surface area contributed by atoms with Gasteiger partial charge in [-0.2, -0.15) is 0 Å². The fourth-order valence-electron chi connectivity index (χ4n) is 14.6. The van der Waals surface area contributed by atoms with E-state index in [0.717, 1.165) is 0 Å². The highest BCUT2D eigenvalue weighted by molar-refractivity contribution is 7.94. The Balaban J connectivity index is 8.78. The van der Waals surface area contributed by atoms with Crippen LogP contribution in [-0.2, 0) is 0 Å². The van der Waals surface area contributed by atoms with Gasteiger partial charge in [0.2, 0.25) is 0 Å². The second-order valence-electron chi connectivity index (χ2n) is 25.3. The predicted molar refractivity (Wildman–Crippen MR) is 253 cm³/mol. The third-order valence-corrected chi connectivity index (χ3v) is 258. The minimum absolute atomic E-state index is 1.35. The summed E-state index contributed by atoms with van der Waals surface area (Å²) < 4.78 is 0. The predicted octanol–water partition coefficient (Wildman–Crippen LogP) is 12.8. The topological polar surface area (TPSA) is 0 Å². The van der Waals surface area contributed by atoms with Crippen molar-refractivity contribution in [3.8, 4) is 0 Å². The van der Waals surface area contributed by atoms with E-state index in [1.807, 2.05) is 17.0 Å². The zero-order valence-electron chi connectivity index (χ0n) is 36.6. The Hall–Kier alpha value is 2.82. The van der Waals surface area contributed by atoms with E-state index in [1.54, 1.807) is 0 Å². The summed E-state index contributed by atoms with van der Waals surface area (Å²) in [6.45, 7) is 77.7. The Labute approximate surface area is 294 Å². The van der Waals surface area contributed by atoms with Crippen molar-refractivity contribution in [3.63, 3.8) is 0 Å². The Kier molecular flexibility index (Phi) is 13.9. The van der Waals surface area contributed by atoms with Gasteiger partial charge in [-0.3, -0.25) is 0 Å². The molecule has 0 heterocycles. The average molecular weight is 828 g/mol. The third kappa shape index (κ3) is 8.30. The molecule has 0 aliphatic rings. The van der Waals surface area contributed by atoms with Crippen LogP contribution in [0.3, 0.4) is 0 Å².